The minimum Gasteiger partial charge on any atom is -0.340 e. The fourth-order valence-electron chi connectivity index (χ4n) is 2.16. The van der Waals surface area contributed by atoms with Crippen molar-refractivity contribution in [3.63, 3.8) is 0 Å². The maximum absolute atomic E-state index is 12.5. The van der Waals surface area contributed by atoms with E-state index >= 15 is 0 Å². The Balaban J connectivity index is 2.04. The van der Waals surface area contributed by atoms with Crippen LogP contribution in [-0.4, -0.2) is 43.6 Å². The Labute approximate surface area is 121 Å². The number of likely N-dealkylation sites (tertiary alicyclic amines) is 1. The number of rotatable bonds is 3. The summed E-state index contributed by atoms with van der Waals surface area (Å²) < 4.78 is -0.516. The van der Waals surface area contributed by atoms with Crippen molar-refractivity contribution in [2.45, 2.75) is 40.6 Å². The molecule has 6 heteroatoms. The largest absolute Gasteiger partial charge is 0.340 e. The Morgan fingerprint density at radius 1 is 1.50 bits per heavy atom. The first-order valence-corrected chi connectivity index (χ1v) is 9.06. The molecular formula is C12H18N2OS3. The summed E-state index contributed by atoms with van der Waals surface area (Å²) in [6.07, 6.45) is 2.15. The van der Waals surface area contributed by atoms with E-state index in [4.69, 9.17) is 0 Å². The van der Waals surface area contributed by atoms with Crippen molar-refractivity contribution >= 4 is 41.2 Å². The van der Waals surface area contributed by atoms with Gasteiger partial charge in [-0.25, -0.2) is 0 Å². The molecule has 2 atom stereocenters. The highest BCUT2D eigenvalue weighted by atomic mass is 32.2. The Hall–Kier alpha value is 0.01000. The van der Waals surface area contributed by atoms with E-state index in [1.807, 2.05) is 16.7 Å². The van der Waals surface area contributed by atoms with Crippen LogP contribution in [0.2, 0.25) is 0 Å². The number of carbonyl (C=O) groups is 1. The van der Waals surface area contributed by atoms with Crippen LogP contribution in [0.3, 0.4) is 0 Å². The molecule has 100 valence electrons. The molecule has 2 rings (SSSR count). The smallest absolute Gasteiger partial charge is 0.263 e. The molecular weight excluding hydrogens is 284 g/mol. The molecule has 0 saturated carbocycles. The first kappa shape index (κ1) is 14.4. The molecule has 18 heavy (non-hydrogen) atoms. The zero-order valence-electron chi connectivity index (χ0n) is 10.7. The fourth-order valence-corrected chi connectivity index (χ4v) is 7.43. The minimum atomic E-state index is -0.878. The van der Waals surface area contributed by atoms with E-state index in [0.717, 1.165) is 31.7 Å². The van der Waals surface area contributed by atoms with Crippen LogP contribution in [0.4, 0.5) is 0 Å². The maximum Gasteiger partial charge on any atom is 0.263 e. The van der Waals surface area contributed by atoms with Gasteiger partial charge in [0.1, 0.15) is 6.07 Å². The molecule has 2 aliphatic heterocycles. The summed E-state index contributed by atoms with van der Waals surface area (Å²) in [6.45, 7) is 5.96. The Morgan fingerprint density at radius 3 is 2.72 bits per heavy atom. The van der Waals surface area contributed by atoms with Gasteiger partial charge in [-0.2, -0.15) is 5.26 Å². The van der Waals surface area contributed by atoms with Crippen LogP contribution in [-0.2, 0) is 4.79 Å². The lowest BCUT2D eigenvalue weighted by Gasteiger charge is -2.25. The summed E-state index contributed by atoms with van der Waals surface area (Å²) >= 11 is 4.94. The Morgan fingerprint density at radius 2 is 2.17 bits per heavy atom. The molecule has 2 saturated heterocycles. The van der Waals surface area contributed by atoms with Gasteiger partial charge in [-0.05, 0) is 12.8 Å². The standard InChI is InChI=1S/C12H18N2OS3/c1-9(2)17-10-7-16-12(8-13,18-10)11(15)14-5-3-4-6-14/h9-10H,3-7H2,1-2H3. The Bertz CT molecular complexity index is 363. The molecule has 2 heterocycles. The average Bonchev–Trinajstić information content (AvgIpc) is 2.96. The molecule has 2 fully saturated rings. The molecule has 2 unspecified atom stereocenters. The molecule has 0 aromatic carbocycles. The summed E-state index contributed by atoms with van der Waals surface area (Å²) in [4.78, 5) is 14.4. The molecule has 0 spiro atoms. The molecule has 0 aromatic heterocycles. The van der Waals surface area contributed by atoms with Crippen molar-refractivity contribution in [1.29, 1.82) is 5.26 Å². The van der Waals surface area contributed by atoms with Gasteiger partial charge < -0.3 is 4.90 Å². The van der Waals surface area contributed by atoms with Crippen LogP contribution in [0.1, 0.15) is 26.7 Å². The maximum atomic E-state index is 12.5. The minimum absolute atomic E-state index is 0.0318. The normalized spacial score (nSPS) is 31.9. The zero-order chi connectivity index (χ0) is 13.2. The number of hydrogen-bond acceptors (Lipinski definition) is 5. The lowest BCUT2D eigenvalue weighted by molar-refractivity contribution is -0.129. The SMILES string of the molecule is CC(C)SC1CSC(C#N)(C(=O)N2CCCC2)S1. The molecule has 1 amide bonds. The van der Waals surface area contributed by atoms with E-state index in [0.29, 0.717) is 9.83 Å². The van der Waals surface area contributed by atoms with E-state index < -0.39 is 4.08 Å². The topological polar surface area (TPSA) is 44.1 Å². The highest BCUT2D eigenvalue weighted by Crippen LogP contribution is 2.53. The van der Waals surface area contributed by atoms with Crippen molar-refractivity contribution in [1.82, 2.24) is 4.90 Å². The number of carbonyl (C=O) groups excluding carboxylic acids is 1. The molecule has 0 radical (unpaired) electrons. The summed E-state index contributed by atoms with van der Waals surface area (Å²) in [5.41, 5.74) is 0. The van der Waals surface area contributed by atoms with Gasteiger partial charge in [0, 0.05) is 24.1 Å². The van der Waals surface area contributed by atoms with E-state index in [-0.39, 0.29) is 5.91 Å². The zero-order valence-corrected chi connectivity index (χ0v) is 13.2. The second-order valence-electron chi connectivity index (χ2n) is 4.77. The molecule has 0 bridgehead atoms. The molecule has 0 N–H and O–H groups in total. The highest BCUT2D eigenvalue weighted by Gasteiger charge is 2.50. The predicted molar refractivity (Wildman–Crippen MR) is 80.7 cm³/mol. The van der Waals surface area contributed by atoms with Gasteiger partial charge >= 0.3 is 0 Å². The van der Waals surface area contributed by atoms with Crippen LogP contribution < -0.4 is 0 Å². The number of nitrogens with zero attached hydrogens (tertiary/aromatic N) is 2. The number of amides is 1. The first-order chi connectivity index (χ1) is 8.57. The summed E-state index contributed by atoms with van der Waals surface area (Å²) in [5.74, 6) is 0.921. The van der Waals surface area contributed by atoms with Crippen molar-refractivity contribution in [3.05, 3.63) is 0 Å². The number of nitriles is 1. The van der Waals surface area contributed by atoms with Gasteiger partial charge in [0.25, 0.3) is 5.91 Å². The third kappa shape index (κ3) is 2.94. The van der Waals surface area contributed by atoms with Gasteiger partial charge in [-0.15, -0.1) is 35.3 Å². The third-order valence-corrected chi connectivity index (χ3v) is 7.87. The monoisotopic (exact) mass is 302 g/mol. The van der Waals surface area contributed by atoms with E-state index in [1.165, 1.54) is 11.8 Å². The lowest BCUT2D eigenvalue weighted by Crippen LogP contribution is -2.41. The lowest BCUT2D eigenvalue weighted by atomic mass is 10.4. The van der Waals surface area contributed by atoms with Crippen LogP contribution in [0.25, 0.3) is 0 Å². The molecule has 3 nitrogen and oxygen atoms in total. The van der Waals surface area contributed by atoms with Gasteiger partial charge in [0.15, 0.2) is 0 Å². The van der Waals surface area contributed by atoms with E-state index in [9.17, 15) is 10.1 Å². The van der Waals surface area contributed by atoms with E-state index in [2.05, 4.69) is 19.9 Å². The highest BCUT2D eigenvalue weighted by molar-refractivity contribution is 8.29. The van der Waals surface area contributed by atoms with Crippen LogP contribution in [0.15, 0.2) is 0 Å². The quantitative estimate of drug-likeness (QED) is 0.802. The molecule has 0 aromatic rings. The number of thioether (sulfide) groups is 3. The summed E-state index contributed by atoms with van der Waals surface area (Å²) in [6, 6.07) is 2.28. The van der Waals surface area contributed by atoms with Crippen LogP contribution >= 0.6 is 35.3 Å². The van der Waals surface area contributed by atoms with Crippen molar-refractivity contribution in [2.24, 2.45) is 0 Å². The van der Waals surface area contributed by atoms with E-state index in [1.54, 1.807) is 11.8 Å². The van der Waals surface area contributed by atoms with Gasteiger partial charge in [-0.3, -0.25) is 4.79 Å². The molecule has 0 aliphatic carbocycles. The van der Waals surface area contributed by atoms with Gasteiger partial charge in [0.2, 0.25) is 4.08 Å². The fraction of sp³-hybridized carbons (Fsp3) is 0.833. The molecule has 2 aliphatic rings. The summed E-state index contributed by atoms with van der Waals surface area (Å²) in [7, 11) is 0. The average molecular weight is 302 g/mol. The third-order valence-electron chi connectivity index (χ3n) is 2.97. The van der Waals surface area contributed by atoms with Gasteiger partial charge in [0.05, 0.1) is 4.58 Å². The van der Waals surface area contributed by atoms with Crippen molar-refractivity contribution in [3.8, 4) is 6.07 Å². The van der Waals surface area contributed by atoms with Gasteiger partial charge in [-0.1, -0.05) is 13.8 Å². The van der Waals surface area contributed by atoms with Crippen LogP contribution in [0, 0.1) is 11.3 Å². The first-order valence-electron chi connectivity index (χ1n) is 6.25. The Kier molecular flexibility index (Phi) is 4.79. The second-order valence-corrected chi connectivity index (χ2v) is 9.76. The summed E-state index contributed by atoms with van der Waals surface area (Å²) in [5, 5.41) is 9.99. The van der Waals surface area contributed by atoms with Crippen molar-refractivity contribution in [2.75, 3.05) is 18.8 Å². The second kappa shape index (κ2) is 5.98. The van der Waals surface area contributed by atoms with Crippen LogP contribution in [0.5, 0.6) is 0 Å². The number of hydrogen-bond donors (Lipinski definition) is 0. The predicted octanol–water partition coefficient (Wildman–Crippen LogP) is 2.78. The van der Waals surface area contributed by atoms with Crippen molar-refractivity contribution < 1.29 is 4.79 Å².